The Balaban J connectivity index is 2.98. The summed E-state index contributed by atoms with van der Waals surface area (Å²) in [5, 5.41) is 3.43. The number of nitrogen functional groups attached to an aromatic ring is 1. The van der Waals surface area contributed by atoms with E-state index >= 15 is 0 Å². The molecule has 0 aliphatic heterocycles. The summed E-state index contributed by atoms with van der Waals surface area (Å²) in [5.74, 6) is 7.28. The van der Waals surface area contributed by atoms with Crippen molar-refractivity contribution in [1.82, 2.24) is 9.97 Å². The average molecular weight is 267 g/mol. The van der Waals surface area contributed by atoms with Gasteiger partial charge in [-0.15, -0.1) is 0 Å². The lowest BCUT2D eigenvalue weighted by atomic mass is 10.0. The first-order valence-electron chi connectivity index (χ1n) is 6.70. The molecule has 0 amide bonds. The van der Waals surface area contributed by atoms with E-state index in [2.05, 4.69) is 41.5 Å². The van der Waals surface area contributed by atoms with E-state index in [0.29, 0.717) is 12.4 Å². The van der Waals surface area contributed by atoms with Crippen LogP contribution in [0, 0.1) is 0 Å². The number of anilines is 2. The summed E-state index contributed by atoms with van der Waals surface area (Å²) >= 11 is 0. The lowest BCUT2D eigenvalue weighted by molar-refractivity contribution is 0.182. The van der Waals surface area contributed by atoms with E-state index in [1.54, 1.807) is 7.11 Å². The van der Waals surface area contributed by atoms with Gasteiger partial charge in [0.25, 0.3) is 0 Å². The van der Waals surface area contributed by atoms with E-state index in [9.17, 15) is 0 Å². The quantitative estimate of drug-likeness (QED) is 0.494. The molecule has 0 aromatic carbocycles. The monoisotopic (exact) mass is 267 g/mol. The highest BCUT2D eigenvalue weighted by Gasteiger charge is 2.17. The maximum Gasteiger partial charge on any atom is 0.148 e. The predicted octanol–water partition coefficient (Wildman–Crippen LogP) is 2.11. The summed E-state index contributed by atoms with van der Waals surface area (Å²) in [6.07, 6.45) is 3.63. The van der Waals surface area contributed by atoms with Crippen molar-refractivity contribution >= 4 is 11.6 Å². The Morgan fingerprint density at radius 3 is 2.53 bits per heavy atom. The Hall–Kier alpha value is -1.40. The second-order valence-electron chi connectivity index (χ2n) is 4.87. The van der Waals surface area contributed by atoms with E-state index in [1.165, 1.54) is 6.33 Å². The third-order valence-electron chi connectivity index (χ3n) is 2.94. The van der Waals surface area contributed by atoms with E-state index in [1.807, 2.05) is 0 Å². The molecule has 1 rings (SSSR count). The fourth-order valence-electron chi connectivity index (χ4n) is 2.11. The third-order valence-corrected chi connectivity index (χ3v) is 2.94. The van der Waals surface area contributed by atoms with Crippen LogP contribution in [0.15, 0.2) is 6.33 Å². The molecule has 4 N–H and O–H groups in total. The first kappa shape index (κ1) is 15.7. The number of ether oxygens (including phenoxy) is 1. The second kappa shape index (κ2) is 7.91. The van der Waals surface area contributed by atoms with Crippen molar-refractivity contribution in [3.05, 3.63) is 11.9 Å². The van der Waals surface area contributed by atoms with Crippen molar-refractivity contribution in [1.29, 1.82) is 0 Å². The maximum absolute atomic E-state index is 5.51. The van der Waals surface area contributed by atoms with Gasteiger partial charge in [0.15, 0.2) is 0 Å². The Labute approximate surface area is 115 Å². The molecule has 108 valence electrons. The van der Waals surface area contributed by atoms with Crippen LogP contribution in [0.5, 0.6) is 0 Å². The zero-order valence-corrected chi connectivity index (χ0v) is 12.2. The molecule has 1 aromatic rings. The molecule has 0 bridgehead atoms. The summed E-state index contributed by atoms with van der Waals surface area (Å²) in [4.78, 5) is 8.50. The number of aromatic nitrogens is 2. The van der Waals surface area contributed by atoms with Crippen LogP contribution in [-0.4, -0.2) is 29.7 Å². The minimum atomic E-state index is 0.244. The van der Waals surface area contributed by atoms with Crippen LogP contribution in [-0.2, 0) is 4.74 Å². The number of nitrogens with two attached hydrogens (primary N) is 1. The molecule has 19 heavy (non-hydrogen) atoms. The first-order valence-corrected chi connectivity index (χ1v) is 6.70. The van der Waals surface area contributed by atoms with Gasteiger partial charge < -0.3 is 15.5 Å². The molecule has 6 heteroatoms. The Morgan fingerprint density at radius 2 is 2.00 bits per heavy atom. The number of rotatable bonds is 8. The van der Waals surface area contributed by atoms with E-state index < -0.39 is 0 Å². The summed E-state index contributed by atoms with van der Waals surface area (Å²) in [6.45, 7) is 6.99. The van der Waals surface area contributed by atoms with Crippen molar-refractivity contribution in [3.63, 3.8) is 0 Å². The summed E-state index contributed by atoms with van der Waals surface area (Å²) in [7, 11) is 1.71. The van der Waals surface area contributed by atoms with Gasteiger partial charge in [-0.2, -0.15) is 0 Å². The molecule has 0 aliphatic carbocycles. The van der Waals surface area contributed by atoms with Gasteiger partial charge in [0.1, 0.15) is 18.0 Å². The van der Waals surface area contributed by atoms with Crippen molar-refractivity contribution in [2.75, 3.05) is 24.5 Å². The van der Waals surface area contributed by atoms with Gasteiger partial charge in [-0.3, -0.25) is 0 Å². The molecule has 0 saturated carbocycles. The van der Waals surface area contributed by atoms with Crippen LogP contribution in [0.2, 0.25) is 0 Å². The first-order chi connectivity index (χ1) is 9.13. The molecule has 0 aliphatic rings. The van der Waals surface area contributed by atoms with Gasteiger partial charge in [0, 0.05) is 12.7 Å². The summed E-state index contributed by atoms with van der Waals surface area (Å²) in [6, 6.07) is 0.244. The van der Waals surface area contributed by atoms with Crippen LogP contribution in [0.4, 0.5) is 11.6 Å². The molecule has 1 unspecified atom stereocenters. The predicted molar refractivity (Wildman–Crippen MR) is 78.1 cm³/mol. The van der Waals surface area contributed by atoms with E-state index in [-0.39, 0.29) is 12.0 Å². The van der Waals surface area contributed by atoms with Gasteiger partial charge in [-0.05, 0) is 12.3 Å². The average Bonchev–Trinajstić information content (AvgIpc) is 2.38. The molecular weight excluding hydrogens is 242 g/mol. The fraction of sp³-hybridized carbons (Fsp3) is 0.692. The third kappa shape index (κ3) is 4.33. The number of hydrazine groups is 1. The number of hydrogen-bond donors (Lipinski definition) is 3. The van der Waals surface area contributed by atoms with Gasteiger partial charge in [0.05, 0.1) is 12.6 Å². The van der Waals surface area contributed by atoms with Crippen LogP contribution in [0.25, 0.3) is 0 Å². The number of nitrogens with one attached hydrogen (secondary N) is 2. The fourth-order valence-corrected chi connectivity index (χ4v) is 2.11. The Kier molecular flexibility index (Phi) is 6.52. The lowest BCUT2D eigenvalue weighted by Gasteiger charge is -2.22. The van der Waals surface area contributed by atoms with Crippen molar-refractivity contribution in [2.24, 2.45) is 5.84 Å². The summed E-state index contributed by atoms with van der Waals surface area (Å²) in [5.41, 5.74) is 3.63. The minimum absolute atomic E-state index is 0.244. The Morgan fingerprint density at radius 1 is 1.32 bits per heavy atom. The van der Waals surface area contributed by atoms with Crippen molar-refractivity contribution in [3.8, 4) is 0 Å². The highest BCUT2D eigenvalue weighted by molar-refractivity contribution is 5.58. The molecule has 1 atom stereocenters. The van der Waals surface area contributed by atoms with Crippen LogP contribution in [0.1, 0.15) is 45.1 Å². The zero-order valence-electron chi connectivity index (χ0n) is 12.2. The Bertz CT molecular complexity index is 377. The van der Waals surface area contributed by atoms with Gasteiger partial charge in [-0.1, -0.05) is 27.2 Å². The molecule has 0 saturated heterocycles. The highest BCUT2D eigenvalue weighted by atomic mass is 16.5. The van der Waals surface area contributed by atoms with E-state index in [0.717, 1.165) is 24.2 Å². The van der Waals surface area contributed by atoms with Crippen molar-refractivity contribution < 1.29 is 4.74 Å². The number of hydrogen-bond acceptors (Lipinski definition) is 6. The SMILES string of the molecule is CCCC(COC)Nc1ncnc(NN)c1C(C)C. The summed E-state index contributed by atoms with van der Waals surface area (Å²) < 4.78 is 5.24. The standard InChI is InChI=1S/C13H25N5O/c1-5-6-10(7-19-4)17-12-11(9(2)3)13(18-14)16-8-15-12/h8-10H,5-7,14H2,1-4H3,(H2,15,16,17,18). The van der Waals surface area contributed by atoms with Crippen LogP contribution in [0.3, 0.4) is 0 Å². The molecular formula is C13H25N5O. The topological polar surface area (TPSA) is 85.1 Å². The zero-order chi connectivity index (χ0) is 14.3. The van der Waals surface area contributed by atoms with Crippen LogP contribution < -0.4 is 16.6 Å². The molecule has 0 spiro atoms. The number of nitrogens with zero attached hydrogens (tertiary/aromatic N) is 2. The molecule has 1 heterocycles. The minimum Gasteiger partial charge on any atom is -0.383 e. The molecule has 0 fully saturated rings. The maximum atomic E-state index is 5.51. The number of methoxy groups -OCH3 is 1. The second-order valence-corrected chi connectivity index (χ2v) is 4.87. The van der Waals surface area contributed by atoms with Crippen molar-refractivity contribution in [2.45, 2.75) is 45.6 Å². The normalized spacial score (nSPS) is 12.5. The molecule has 6 nitrogen and oxygen atoms in total. The molecule has 1 aromatic heterocycles. The lowest BCUT2D eigenvalue weighted by Crippen LogP contribution is -2.26. The van der Waals surface area contributed by atoms with Gasteiger partial charge >= 0.3 is 0 Å². The smallest absolute Gasteiger partial charge is 0.148 e. The van der Waals surface area contributed by atoms with Gasteiger partial charge in [-0.25, -0.2) is 15.8 Å². The van der Waals surface area contributed by atoms with Crippen LogP contribution >= 0.6 is 0 Å². The largest absolute Gasteiger partial charge is 0.383 e. The van der Waals surface area contributed by atoms with Gasteiger partial charge in [0.2, 0.25) is 0 Å². The highest BCUT2D eigenvalue weighted by Crippen LogP contribution is 2.28. The molecule has 0 radical (unpaired) electrons. The van der Waals surface area contributed by atoms with E-state index in [4.69, 9.17) is 10.6 Å².